The van der Waals surface area contributed by atoms with Crippen LogP contribution >= 0.6 is 35.3 Å². The number of rotatable bonds is 5. The first-order chi connectivity index (χ1) is 12.2. The second kappa shape index (κ2) is 9.67. The maximum Gasteiger partial charge on any atom is 0.191 e. The van der Waals surface area contributed by atoms with Gasteiger partial charge >= 0.3 is 0 Å². The normalized spacial score (nSPS) is 11.1. The summed E-state index contributed by atoms with van der Waals surface area (Å²) < 4.78 is 0. The van der Waals surface area contributed by atoms with E-state index in [0.717, 1.165) is 33.7 Å². The molecule has 3 rings (SSSR count). The first-order valence-electron chi connectivity index (χ1n) is 8.12. The number of guanidine groups is 1. The van der Waals surface area contributed by atoms with Crippen LogP contribution in [-0.4, -0.2) is 28.0 Å². The molecule has 0 saturated carbocycles. The predicted octanol–water partition coefficient (Wildman–Crippen LogP) is 3.63. The molecule has 3 N–H and O–H groups in total. The van der Waals surface area contributed by atoms with Crippen molar-refractivity contribution in [1.29, 1.82) is 0 Å². The van der Waals surface area contributed by atoms with Crippen LogP contribution in [-0.2, 0) is 13.1 Å². The Hall–Kier alpha value is -1.94. The van der Waals surface area contributed by atoms with Crippen molar-refractivity contribution in [3.8, 4) is 11.3 Å². The second-order valence-corrected chi connectivity index (χ2v) is 6.92. The number of aromatic nitrogens is 3. The van der Waals surface area contributed by atoms with Gasteiger partial charge in [-0.25, -0.2) is 9.97 Å². The molecule has 0 spiro atoms. The van der Waals surface area contributed by atoms with Crippen LogP contribution in [0.3, 0.4) is 0 Å². The number of aryl methyl sites for hydroxylation is 2. The minimum absolute atomic E-state index is 0. The molecule has 2 heterocycles. The summed E-state index contributed by atoms with van der Waals surface area (Å²) in [6, 6.07) is 10.2. The molecule has 138 valence electrons. The number of hydrogen-bond acceptors (Lipinski definition) is 4. The van der Waals surface area contributed by atoms with E-state index in [2.05, 4.69) is 42.7 Å². The zero-order chi connectivity index (χ0) is 17.6. The quantitative estimate of drug-likeness (QED) is 0.295. The number of nitrogens with one attached hydrogen (secondary N) is 3. The summed E-state index contributed by atoms with van der Waals surface area (Å²) in [4.78, 5) is 17.7. The van der Waals surface area contributed by atoms with Gasteiger partial charge < -0.3 is 15.6 Å². The zero-order valence-electron chi connectivity index (χ0n) is 15.0. The second-order valence-electron chi connectivity index (χ2n) is 5.63. The van der Waals surface area contributed by atoms with Crippen molar-refractivity contribution in [3.05, 3.63) is 57.9 Å². The van der Waals surface area contributed by atoms with Gasteiger partial charge in [0.1, 0.15) is 5.82 Å². The summed E-state index contributed by atoms with van der Waals surface area (Å²) in [7, 11) is 1.76. The van der Waals surface area contributed by atoms with Gasteiger partial charge in [0.05, 0.1) is 35.7 Å². The van der Waals surface area contributed by atoms with Crippen molar-refractivity contribution in [3.63, 3.8) is 0 Å². The molecule has 6 nitrogen and oxygen atoms in total. The van der Waals surface area contributed by atoms with E-state index in [1.54, 1.807) is 18.4 Å². The third-order valence-corrected chi connectivity index (χ3v) is 4.85. The van der Waals surface area contributed by atoms with Gasteiger partial charge in [0.2, 0.25) is 0 Å². The summed E-state index contributed by atoms with van der Waals surface area (Å²) in [5.41, 5.74) is 3.21. The smallest absolute Gasteiger partial charge is 0.191 e. The number of aliphatic imine (C=N–C) groups is 1. The number of H-pyrrole nitrogens is 1. The van der Waals surface area contributed by atoms with Gasteiger partial charge in [0.15, 0.2) is 5.96 Å². The molecule has 8 heteroatoms. The highest BCUT2D eigenvalue weighted by atomic mass is 127. The van der Waals surface area contributed by atoms with Crippen molar-refractivity contribution in [2.75, 3.05) is 7.05 Å². The van der Waals surface area contributed by atoms with E-state index in [1.165, 1.54) is 4.88 Å². The van der Waals surface area contributed by atoms with Gasteiger partial charge in [0.25, 0.3) is 0 Å². The highest BCUT2D eigenvalue weighted by molar-refractivity contribution is 14.0. The minimum Gasteiger partial charge on any atom is -0.351 e. The molecule has 0 bridgehead atoms. The first-order valence-corrected chi connectivity index (χ1v) is 8.94. The van der Waals surface area contributed by atoms with Gasteiger partial charge in [0, 0.05) is 11.9 Å². The molecule has 0 aliphatic carbocycles. The molecule has 0 fully saturated rings. The summed E-state index contributed by atoms with van der Waals surface area (Å²) in [6.07, 6.45) is 1.85. The molecule has 0 amide bonds. The fourth-order valence-corrected chi connectivity index (χ4v) is 3.38. The Morgan fingerprint density at radius 2 is 1.88 bits per heavy atom. The van der Waals surface area contributed by atoms with E-state index in [0.29, 0.717) is 13.1 Å². The Morgan fingerprint density at radius 3 is 2.54 bits per heavy atom. The number of aromatic amines is 1. The molecule has 26 heavy (non-hydrogen) atoms. The number of benzene rings is 1. The van der Waals surface area contributed by atoms with E-state index in [1.807, 2.05) is 38.2 Å². The largest absolute Gasteiger partial charge is 0.351 e. The third kappa shape index (κ3) is 5.28. The Bertz CT molecular complexity index is 856. The summed E-state index contributed by atoms with van der Waals surface area (Å²) in [5.74, 6) is 1.61. The number of nitrogens with zero attached hydrogens (tertiary/aromatic N) is 3. The Balaban J connectivity index is 0.00000243. The SMILES string of the molecule is CN=C(NCc1ncc(-c2ccccc2)[nH]1)NCc1sc(C)nc1C.I. The van der Waals surface area contributed by atoms with Crippen molar-refractivity contribution >= 4 is 41.3 Å². The number of hydrogen-bond donors (Lipinski definition) is 3. The van der Waals surface area contributed by atoms with E-state index in [-0.39, 0.29) is 24.0 Å². The van der Waals surface area contributed by atoms with Crippen LogP contribution < -0.4 is 10.6 Å². The third-order valence-electron chi connectivity index (χ3n) is 3.78. The highest BCUT2D eigenvalue weighted by Crippen LogP contribution is 2.17. The molecule has 0 atom stereocenters. The Morgan fingerprint density at radius 1 is 1.15 bits per heavy atom. The summed E-state index contributed by atoms with van der Waals surface area (Å²) in [6.45, 7) is 5.35. The lowest BCUT2D eigenvalue weighted by atomic mass is 10.2. The van der Waals surface area contributed by atoms with Gasteiger partial charge in [-0.1, -0.05) is 30.3 Å². The van der Waals surface area contributed by atoms with Crippen molar-refractivity contribution in [1.82, 2.24) is 25.6 Å². The van der Waals surface area contributed by atoms with Crippen molar-refractivity contribution in [2.45, 2.75) is 26.9 Å². The lowest BCUT2D eigenvalue weighted by Gasteiger charge is -2.10. The molecule has 0 aliphatic heterocycles. The van der Waals surface area contributed by atoms with Gasteiger partial charge in [-0.15, -0.1) is 35.3 Å². The number of halogens is 1. The molecule has 0 radical (unpaired) electrons. The molecule has 1 aromatic carbocycles. The monoisotopic (exact) mass is 482 g/mol. The van der Waals surface area contributed by atoms with Crippen LogP contribution in [0.5, 0.6) is 0 Å². The summed E-state index contributed by atoms with van der Waals surface area (Å²) in [5, 5.41) is 7.68. The van der Waals surface area contributed by atoms with Crippen LogP contribution in [0.15, 0.2) is 41.5 Å². The molecule has 0 unspecified atom stereocenters. The number of imidazole rings is 1. The van der Waals surface area contributed by atoms with Crippen LogP contribution in [0, 0.1) is 13.8 Å². The molecule has 3 aromatic rings. The molecular formula is C18H23IN6S. The zero-order valence-corrected chi connectivity index (χ0v) is 18.2. The molecular weight excluding hydrogens is 459 g/mol. The van der Waals surface area contributed by atoms with Crippen LogP contribution in [0.4, 0.5) is 0 Å². The van der Waals surface area contributed by atoms with Crippen molar-refractivity contribution < 1.29 is 0 Å². The Kier molecular flexibility index (Phi) is 7.58. The average Bonchev–Trinajstić information content (AvgIpc) is 3.22. The summed E-state index contributed by atoms with van der Waals surface area (Å²) >= 11 is 1.71. The van der Waals surface area contributed by atoms with E-state index in [4.69, 9.17) is 0 Å². The Labute approximate surface area is 174 Å². The van der Waals surface area contributed by atoms with Gasteiger partial charge in [-0.2, -0.15) is 0 Å². The maximum absolute atomic E-state index is 4.44. The van der Waals surface area contributed by atoms with E-state index >= 15 is 0 Å². The fourth-order valence-electron chi connectivity index (χ4n) is 2.51. The molecule has 2 aromatic heterocycles. The lowest BCUT2D eigenvalue weighted by molar-refractivity contribution is 0.783. The van der Waals surface area contributed by atoms with E-state index < -0.39 is 0 Å². The van der Waals surface area contributed by atoms with E-state index in [9.17, 15) is 0 Å². The van der Waals surface area contributed by atoms with Gasteiger partial charge in [-0.05, 0) is 19.4 Å². The van der Waals surface area contributed by atoms with Crippen LogP contribution in [0.1, 0.15) is 21.4 Å². The predicted molar refractivity (Wildman–Crippen MR) is 118 cm³/mol. The van der Waals surface area contributed by atoms with Crippen molar-refractivity contribution in [2.24, 2.45) is 4.99 Å². The molecule has 0 aliphatic rings. The van der Waals surface area contributed by atoms with Gasteiger partial charge in [-0.3, -0.25) is 4.99 Å². The standard InChI is InChI=1S/C18H22N6S.HI/c1-12-16(25-13(2)23-12)10-21-18(19-3)22-11-17-20-9-15(24-17)14-7-5-4-6-8-14;/h4-9H,10-11H2,1-3H3,(H,20,24)(H2,19,21,22);1H. The topological polar surface area (TPSA) is 78.0 Å². The highest BCUT2D eigenvalue weighted by Gasteiger charge is 2.07. The van der Waals surface area contributed by atoms with Crippen LogP contribution in [0.2, 0.25) is 0 Å². The number of thiazole rings is 1. The fraction of sp³-hybridized carbons (Fsp3) is 0.278. The lowest BCUT2D eigenvalue weighted by Crippen LogP contribution is -2.36. The molecule has 0 saturated heterocycles. The average molecular weight is 482 g/mol. The van der Waals surface area contributed by atoms with Crippen LogP contribution in [0.25, 0.3) is 11.3 Å². The minimum atomic E-state index is 0. The first kappa shape index (κ1) is 20.4. The maximum atomic E-state index is 4.44.